The van der Waals surface area contributed by atoms with Gasteiger partial charge in [-0.05, 0) is 48.9 Å². The average Bonchev–Trinajstić information content (AvgIpc) is 3.45. The monoisotopic (exact) mass is 662 g/mol. The number of piperazine rings is 1. The number of rotatable bonds is 8. The summed E-state index contributed by atoms with van der Waals surface area (Å²) in [6.45, 7) is 5.61. The number of nitrogens with one attached hydrogen (secondary N) is 1. The third-order valence-electron chi connectivity index (χ3n) is 9.69. The van der Waals surface area contributed by atoms with Crippen molar-refractivity contribution in [1.29, 1.82) is 5.26 Å². The van der Waals surface area contributed by atoms with Crippen LogP contribution in [0.5, 0.6) is 5.75 Å². The molecule has 252 valence electrons. The molecule has 2 aromatic carbocycles. The molecule has 3 aliphatic heterocycles. The molecular formula is C34H37F3N8O3. The number of benzene rings is 2. The van der Waals surface area contributed by atoms with Crippen LogP contribution in [0.2, 0.25) is 0 Å². The van der Waals surface area contributed by atoms with E-state index in [1.54, 1.807) is 18.2 Å². The van der Waals surface area contributed by atoms with Gasteiger partial charge in [0.1, 0.15) is 24.3 Å². The van der Waals surface area contributed by atoms with Crippen LogP contribution in [-0.2, 0) is 9.53 Å². The Hall–Kier alpha value is -4.48. The van der Waals surface area contributed by atoms with Crippen molar-refractivity contribution in [3.63, 3.8) is 0 Å². The number of carbonyl (C=O) groups excluding carboxylic acids is 1. The van der Waals surface area contributed by atoms with Crippen LogP contribution >= 0.6 is 0 Å². The van der Waals surface area contributed by atoms with Gasteiger partial charge in [-0.15, -0.1) is 0 Å². The number of carbonyl (C=O) groups is 1. The van der Waals surface area contributed by atoms with E-state index in [4.69, 9.17) is 9.47 Å². The van der Waals surface area contributed by atoms with Gasteiger partial charge in [0.15, 0.2) is 12.0 Å². The number of alkyl halides is 3. The summed E-state index contributed by atoms with van der Waals surface area (Å²) < 4.78 is 53.6. The number of aromatic nitrogens is 3. The zero-order valence-electron chi connectivity index (χ0n) is 26.4. The van der Waals surface area contributed by atoms with Crippen molar-refractivity contribution in [2.75, 3.05) is 62.7 Å². The Morgan fingerprint density at radius 2 is 1.83 bits per heavy atom. The summed E-state index contributed by atoms with van der Waals surface area (Å²) in [5, 5.41) is 13.1. The van der Waals surface area contributed by atoms with Crippen LogP contribution in [0.1, 0.15) is 31.2 Å². The largest absolute Gasteiger partial charge is 0.486 e. The van der Waals surface area contributed by atoms with Gasteiger partial charge in [0, 0.05) is 74.8 Å². The van der Waals surface area contributed by atoms with Crippen molar-refractivity contribution in [2.45, 2.75) is 49.9 Å². The van der Waals surface area contributed by atoms with Gasteiger partial charge in [-0.1, -0.05) is 0 Å². The Kier molecular flexibility index (Phi) is 9.07. The number of likely N-dealkylation sites (tertiary alicyclic amines) is 1. The van der Waals surface area contributed by atoms with E-state index in [-0.39, 0.29) is 43.7 Å². The Morgan fingerprint density at radius 3 is 2.50 bits per heavy atom. The van der Waals surface area contributed by atoms with Crippen molar-refractivity contribution < 1.29 is 27.4 Å². The molecule has 3 atom stereocenters. The summed E-state index contributed by atoms with van der Waals surface area (Å²) in [7, 11) is 0. The second kappa shape index (κ2) is 13.6. The number of piperidine rings is 1. The Morgan fingerprint density at radius 1 is 1.04 bits per heavy atom. The van der Waals surface area contributed by atoms with Crippen LogP contribution in [0.15, 0.2) is 48.8 Å². The lowest BCUT2D eigenvalue weighted by Gasteiger charge is -2.43. The first-order valence-corrected chi connectivity index (χ1v) is 16.4. The van der Waals surface area contributed by atoms with Gasteiger partial charge in [0.25, 0.3) is 0 Å². The molecule has 3 saturated heterocycles. The highest BCUT2D eigenvalue weighted by atomic mass is 19.3. The quantitative estimate of drug-likeness (QED) is 0.371. The van der Waals surface area contributed by atoms with Gasteiger partial charge in [0.05, 0.1) is 31.4 Å². The SMILES string of the molecule is N#Cc1cc(-c2ncnc(Nc3ccc(N4CCN(C5COC5)CC4)cc3)n2)ccc1O[C@H]1CCN(C(=O)[C@@H]2CCC(F)(F)C2)C[C@H]1F. The average molecular weight is 663 g/mol. The van der Waals surface area contributed by atoms with Crippen molar-refractivity contribution in [1.82, 2.24) is 24.8 Å². The first-order chi connectivity index (χ1) is 23.2. The Labute approximate surface area is 276 Å². The van der Waals surface area contributed by atoms with E-state index in [1.807, 2.05) is 12.1 Å². The summed E-state index contributed by atoms with van der Waals surface area (Å²) in [6.07, 6.45) is -1.54. The molecule has 1 N–H and O–H groups in total. The predicted molar refractivity (Wildman–Crippen MR) is 171 cm³/mol. The highest BCUT2D eigenvalue weighted by Gasteiger charge is 2.45. The fourth-order valence-electron chi connectivity index (χ4n) is 6.82. The number of nitrogens with zero attached hydrogens (tertiary/aromatic N) is 7. The lowest BCUT2D eigenvalue weighted by molar-refractivity contribution is -0.140. The molecule has 11 nitrogen and oxygen atoms in total. The minimum absolute atomic E-state index is 0.110. The first-order valence-electron chi connectivity index (χ1n) is 16.4. The molecule has 3 aromatic rings. The fourth-order valence-corrected chi connectivity index (χ4v) is 6.82. The third kappa shape index (κ3) is 7.02. The normalized spacial score (nSPS) is 24.5. The number of anilines is 3. The third-order valence-corrected chi connectivity index (χ3v) is 9.69. The smallest absolute Gasteiger partial charge is 0.248 e. The molecule has 7 rings (SSSR count). The van der Waals surface area contributed by atoms with Crippen LogP contribution in [0.4, 0.5) is 30.5 Å². The van der Waals surface area contributed by atoms with E-state index in [0.717, 1.165) is 50.8 Å². The maximum absolute atomic E-state index is 15.2. The molecule has 1 aliphatic carbocycles. The molecule has 4 heterocycles. The number of ether oxygens (including phenoxy) is 2. The molecule has 48 heavy (non-hydrogen) atoms. The molecule has 14 heteroatoms. The van der Waals surface area contributed by atoms with E-state index in [9.17, 15) is 18.8 Å². The number of amides is 1. The Balaban J connectivity index is 0.951. The standard InChI is InChI=1S/C34H37F3N8O3/c35-28-18-45(32(46)23-7-9-34(36,37)16-23)10-8-30(28)48-29-6-1-22(15-24(29)17-38)31-39-21-40-33(42-31)41-25-2-4-26(5-3-25)43-11-13-44(14-12-43)27-19-47-20-27/h1-6,15,21,23,27-28,30H,7-14,16,18-20H2,(H,39,40,41,42)/t23-,28-,30+/m1/s1. The molecule has 4 aliphatic rings. The van der Waals surface area contributed by atoms with E-state index >= 15 is 4.39 Å². The fraction of sp³-hybridized carbons (Fsp3) is 0.500. The molecule has 1 amide bonds. The van der Waals surface area contributed by atoms with E-state index in [0.29, 0.717) is 23.4 Å². The highest BCUT2D eigenvalue weighted by Crippen LogP contribution is 2.40. The van der Waals surface area contributed by atoms with Gasteiger partial charge >= 0.3 is 0 Å². The lowest BCUT2D eigenvalue weighted by atomic mass is 10.0. The van der Waals surface area contributed by atoms with E-state index in [1.165, 1.54) is 11.2 Å². The van der Waals surface area contributed by atoms with Crippen LogP contribution in [0, 0.1) is 17.2 Å². The molecule has 1 aromatic heterocycles. The molecular weight excluding hydrogens is 625 g/mol. The van der Waals surface area contributed by atoms with Crippen molar-refractivity contribution >= 4 is 23.2 Å². The van der Waals surface area contributed by atoms with E-state index in [2.05, 4.69) is 48.3 Å². The minimum Gasteiger partial charge on any atom is -0.486 e. The maximum atomic E-state index is 15.2. The Bertz CT molecular complexity index is 1660. The zero-order chi connectivity index (χ0) is 33.3. The van der Waals surface area contributed by atoms with Crippen molar-refractivity contribution in [3.8, 4) is 23.2 Å². The molecule has 0 bridgehead atoms. The van der Waals surface area contributed by atoms with E-state index < -0.39 is 36.4 Å². The topological polar surface area (TPSA) is 120 Å². The number of halogens is 3. The maximum Gasteiger partial charge on any atom is 0.248 e. The van der Waals surface area contributed by atoms with Gasteiger partial charge in [-0.25, -0.2) is 23.1 Å². The summed E-state index contributed by atoms with van der Waals surface area (Å²) >= 11 is 0. The van der Waals surface area contributed by atoms with Gasteiger partial charge in [-0.3, -0.25) is 9.69 Å². The van der Waals surface area contributed by atoms with Gasteiger partial charge in [0.2, 0.25) is 17.8 Å². The summed E-state index contributed by atoms with van der Waals surface area (Å²) in [5.74, 6) is -3.17. The zero-order valence-corrected chi connectivity index (χ0v) is 26.4. The number of hydrogen-bond donors (Lipinski definition) is 1. The van der Waals surface area contributed by atoms with Crippen molar-refractivity contribution in [2.24, 2.45) is 5.92 Å². The van der Waals surface area contributed by atoms with Gasteiger partial charge < -0.3 is 24.6 Å². The second-order valence-corrected chi connectivity index (χ2v) is 12.9. The van der Waals surface area contributed by atoms with Crippen LogP contribution < -0.4 is 15.0 Å². The van der Waals surface area contributed by atoms with Gasteiger partial charge in [-0.2, -0.15) is 10.2 Å². The van der Waals surface area contributed by atoms with Crippen LogP contribution in [0.3, 0.4) is 0 Å². The lowest BCUT2D eigenvalue weighted by Crippen LogP contribution is -2.56. The second-order valence-electron chi connectivity index (χ2n) is 12.9. The molecule has 1 saturated carbocycles. The van der Waals surface area contributed by atoms with Crippen LogP contribution in [0.25, 0.3) is 11.4 Å². The number of nitriles is 1. The van der Waals surface area contributed by atoms with Crippen LogP contribution in [-0.4, -0.2) is 107 Å². The molecule has 0 spiro atoms. The molecule has 0 unspecified atom stereocenters. The molecule has 4 fully saturated rings. The summed E-state index contributed by atoms with van der Waals surface area (Å²) in [4.78, 5) is 32.0. The predicted octanol–water partition coefficient (Wildman–Crippen LogP) is 4.43. The highest BCUT2D eigenvalue weighted by molar-refractivity contribution is 5.79. The minimum atomic E-state index is -2.84. The number of hydrogen-bond acceptors (Lipinski definition) is 10. The summed E-state index contributed by atoms with van der Waals surface area (Å²) in [5.41, 5.74) is 2.70. The summed E-state index contributed by atoms with van der Waals surface area (Å²) in [6, 6.07) is 15.6. The molecule has 0 radical (unpaired) electrons. The first kappa shape index (κ1) is 32.1. The van der Waals surface area contributed by atoms with Crippen molar-refractivity contribution in [3.05, 3.63) is 54.4 Å².